The predicted octanol–water partition coefficient (Wildman–Crippen LogP) is 5.42. The van der Waals surface area contributed by atoms with Crippen molar-refractivity contribution >= 4 is 33.9 Å². The summed E-state index contributed by atoms with van der Waals surface area (Å²) in [5.41, 5.74) is 12.8. The molecule has 2 aliphatic heterocycles. The van der Waals surface area contributed by atoms with Gasteiger partial charge in [0.2, 0.25) is 11.8 Å². The maximum atomic E-state index is 6.65. The van der Waals surface area contributed by atoms with Gasteiger partial charge < -0.3 is 34.6 Å². The fourth-order valence-corrected chi connectivity index (χ4v) is 6.88. The Bertz CT molecular complexity index is 1760. The number of benzene rings is 2. The molecule has 2 aromatic carbocycles. The summed E-state index contributed by atoms with van der Waals surface area (Å²) in [7, 11) is 3.88. The number of methoxy groups -OCH3 is 1. The van der Waals surface area contributed by atoms with Crippen LogP contribution in [0.5, 0.6) is 5.75 Å². The zero-order valence-electron chi connectivity index (χ0n) is 23.8. The van der Waals surface area contributed by atoms with Gasteiger partial charge in [0.1, 0.15) is 12.0 Å². The van der Waals surface area contributed by atoms with Crippen molar-refractivity contribution in [3.8, 4) is 28.5 Å². The SMILES string of the molecule is COc1cc(N2C[C@H]3CN(C)C[C@H]3C2)c(N)cc1Nc1ncc(-c2ncco2)c(-c2cn(C3CC3)c3ccccc23)n1. The summed E-state index contributed by atoms with van der Waals surface area (Å²) >= 11 is 0. The van der Waals surface area contributed by atoms with Gasteiger partial charge in [0.05, 0.1) is 41.6 Å². The second kappa shape index (κ2) is 9.77. The highest BCUT2D eigenvalue weighted by Crippen LogP contribution is 2.44. The molecule has 3 N–H and O–H groups in total. The summed E-state index contributed by atoms with van der Waals surface area (Å²) in [5, 5.41) is 4.52. The van der Waals surface area contributed by atoms with Crippen LogP contribution in [0.25, 0.3) is 33.6 Å². The Morgan fingerprint density at radius 2 is 1.83 bits per heavy atom. The first kappa shape index (κ1) is 25.2. The molecule has 8 rings (SSSR count). The standard InChI is InChI=1S/C32H34N8O2/c1-38-14-19-16-39(17-20(19)15-38)28-12-29(41-2)26(11-25(28)33)36-32-35-13-23(31-34-9-10-42-31)30(37-32)24-18-40(21-7-8-21)27-6-4-3-5-22(24)27/h3-6,9-13,18-21H,7-8,14-17,33H2,1-2H3,(H,35,36,37)/t19-,20+. The highest BCUT2D eigenvalue weighted by molar-refractivity contribution is 5.98. The molecule has 1 aliphatic carbocycles. The van der Waals surface area contributed by atoms with Crippen LogP contribution in [0.4, 0.5) is 23.0 Å². The molecule has 0 amide bonds. The molecule has 3 aliphatic rings. The van der Waals surface area contributed by atoms with Gasteiger partial charge in [-0.05, 0) is 43.9 Å². The molecule has 0 unspecified atom stereocenters. The summed E-state index contributed by atoms with van der Waals surface area (Å²) in [6.45, 7) is 4.30. The lowest BCUT2D eigenvalue weighted by Gasteiger charge is -2.24. The summed E-state index contributed by atoms with van der Waals surface area (Å²) in [4.78, 5) is 18.9. The monoisotopic (exact) mass is 562 g/mol. The van der Waals surface area contributed by atoms with Crippen LogP contribution in [-0.2, 0) is 0 Å². The normalized spacial score (nSPS) is 20.4. The maximum Gasteiger partial charge on any atom is 0.229 e. The zero-order valence-corrected chi connectivity index (χ0v) is 23.8. The number of nitrogens with two attached hydrogens (primary N) is 1. The van der Waals surface area contributed by atoms with Crippen LogP contribution in [-0.4, -0.2) is 64.8 Å². The Morgan fingerprint density at radius 1 is 1.02 bits per heavy atom. The van der Waals surface area contributed by atoms with Gasteiger partial charge in [0, 0.05) is 67.1 Å². The second-order valence-electron chi connectivity index (χ2n) is 11.9. The minimum Gasteiger partial charge on any atom is -0.494 e. The number of rotatable bonds is 7. The van der Waals surface area contributed by atoms with Gasteiger partial charge >= 0.3 is 0 Å². The quantitative estimate of drug-likeness (QED) is 0.251. The molecule has 2 atom stereocenters. The van der Waals surface area contributed by atoms with Crippen LogP contribution >= 0.6 is 0 Å². The Hall–Kier alpha value is -4.57. The average molecular weight is 563 g/mol. The summed E-state index contributed by atoms with van der Waals surface area (Å²) in [5.74, 6) is 2.97. The van der Waals surface area contributed by atoms with E-state index in [-0.39, 0.29) is 0 Å². The van der Waals surface area contributed by atoms with Gasteiger partial charge in [-0.3, -0.25) is 0 Å². The second-order valence-corrected chi connectivity index (χ2v) is 11.9. The van der Waals surface area contributed by atoms with Crippen molar-refractivity contribution in [2.75, 3.05) is 56.3 Å². The molecule has 10 nitrogen and oxygen atoms in total. The van der Waals surface area contributed by atoms with E-state index in [2.05, 4.69) is 67.2 Å². The van der Waals surface area contributed by atoms with E-state index in [4.69, 9.17) is 19.9 Å². The van der Waals surface area contributed by atoms with Crippen LogP contribution in [0.1, 0.15) is 18.9 Å². The van der Waals surface area contributed by atoms with Crippen LogP contribution in [0.3, 0.4) is 0 Å². The van der Waals surface area contributed by atoms with E-state index >= 15 is 0 Å². The van der Waals surface area contributed by atoms with E-state index in [9.17, 15) is 0 Å². The Kier molecular flexibility index (Phi) is 5.85. The average Bonchev–Trinajstić information content (AvgIpc) is 3.30. The molecule has 1 saturated carbocycles. The van der Waals surface area contributed by atoms with Gasteiger partial charge in [0.15, 0.2) is 0 Å². The minimum absolute atomic E-state index is 0.438. The van der Waals surface area contributed by atoms with Gasteiger partial charge in [-0.15, -0.1) is 0 Å². The number of aromatic nitrogens is 4. The van der Waals surface area contributed by atoms with Gasteiger partial charge in [-0.1, -0.05) is 18.2 Å². The number of ether oxygens (including phenoxy) is 1. The molecule has 214 valence electrons. The van der Waals surface area contributed by atoms with E-state index in [0.717, 1.165) is 54.1 Å². The highest BCUT2D eigenvalue weighted by Gasteiger charge is 2.39. The van der Waals surface area contributed by atoms with E-state index in [1.54, 1.807) is 25.8 Å². The third kappa shape index (κ3) is 4.25. The van der Waals surface area contributed by atoms with Crippen molar-refractivity contribution in [2.45, 2.75) is 18.9 Å². The summed E-state index contributed by atoms with van der Waals surface area (Å²) < 4.78 is 13.9. The van der Waals surface area contributed by atoms with E-state index in [1.165, 1.54) is 18.4 Å². The summed E-state index contributed by atoms with van der Waals surface area (Å²) in [6.07, 6.45) is 9.56. The Labute approximate surface area is 244 Å². The molecule has 10 heteroatoms. The predicted molar refractivity (Wildman–Crippen MR) is 164 cm³/mol. The van der Waals surface area contributed by atoms with Crippen molar-refractivity contribution < 1.29 is 9.15 Å². The third-order valence-corrected chi connectivity index (χ3v) is 8.99. The Morgan fingerprint density at radius 3 is 2.57 bits per heavy atom. The molecular formula is C32H34N8O2. The van der Waals surface area contributed by atoms with Crippen LogP contribution in [0.2, 0.25) is 0 Å². The fraction of sp³-hybridized carbons (Fsp3) is 0.344. The number of para-hydroxylation sites is 1. The lowest BCUT2D eigenvalue weighted by Crippen LogP contribution is -2.27. The smallest absolute Gasteiger partial charge is 0.229 e. The number of oxazole rings is 1. The van der Waals surface area contributed by atoms with Crippen molar-refractivity contribution in [2.24, 2.45) is 11.8 Å². The van der Waals surface area contributed by atoms with E-state index < -0.39 is 0 Å². The number of fused-ring (bicyclic) bond motifs is 2. The lowest BCUT2D eigenvalue weighted by molar-refractivity contribution is 0.387. The third-order valence-electron chi connectivity index (χ3n) is 8.99. The molecular weight excluding hydrogens is 528 g/mol. The Balaban J connectivity index is 1.17. The zero-order chi connectivity index (χ0) is 28.4. The van der Waals surface area contributed by atoms with Gasteiger partial charge in [-0.25, -0.2) is 15.0 Å². The molecule has 0 bridgehead atoms. The molecule has 42 heavy (non-hydrogen) atoms. The minimum atomic E-state index is 0.438. The number of nitrogens with zero attached hydrogens (tertiary/aromatic N) is 6. The molecule has 5 heterocycles. The van der Waals surface area contributed by atoms with E-state index in [1.807, 2.05) is 12.1 Å². The van der Waals surface area contributed by atoms with Gasteiger partial charge in [-0.2, -0.15) is 0 Å². The molecule has 5 aromatic rings. The first-order chi connectivity index (χ1) is 20.6. The topological polar surface area (TPSA) is 111 Å². The van der Waals surface area contributed by atoms with Crippen molar-refractivity contribution in [3.05, 3.63) is 61.3 Å². The number of nitrogen functional groups attached to an aromatic ring is 1. The molecule has 2 saturated heterocycles. The number of anilines is 4. The molecule has 3 aromatic heterocycles. The fourth-order valence-electron chi connectivity index (χ4n) is 6.88. The largest absolute Gasteiger partial charge is 0.494 e. The van der Waals surface area contributed by atoms with Crippen molar-refractivity contribution in [1.82, 2.24) is 24.4 Å². The highest BCUT2D eigenvalue weighted by atomic mass is 16.5. The van der Waals surface area contributed by atoms with Gasteiger partial charge in [0.25, 0.3) is 0 Å². The maximum absolute atomic E-state index is 6.65. The van der Waals surface area contributed by atoms with Crippen molar-refractivity contribution in [1.29, 1.82) is 0 Å². The molecule has 3 fully saturated rings. The molecule has 0 radical (unpaired) electrons. The van der Waals surface area contributed by atoms with Crippen molar-refractivity contribution in [3.63, 3.8) is 0 Å². The van der Waals surface area contributed by atoms with Crippen LogP contribution in [0, 0.1) is 11.8 Å². The lowest BCUT2D eigenvalue weighted by atomic mass is 10.0. The van der Waals surface area contributed by atoms with Crippen LogP contribution < -0.4 is 20.7 Å². The number of hydrogen-bond donors (Lipinski definition) is 2. The number of hydrogen-bond acceptors (Lipinski definition) is 9. The first-order valence-electron chi connectivity index (χ1n) is 14.6. The number of nitrogens with one attached hydrogen (secondary N) is 1. The summed E-state index contributed by atoms with van der Waals surface area (Å²) in [6, 6.07) is 12.9. The molecule has 0 spiro atoms. The van der Waals surface area contributed by atoms with Crippen LogP contribution in [0.15, 0.2) is 65.7 Å². The van der Waals surface area contributed by atoms with E-state index in [0.29, 0.717) is 46.8 Å². The number of likely N-dealkylation sites (tertiary alicyclic amines) is 1. The first-order valence-corrected chi connectivity index (χ1v) is 14.6.